The number of carbonyl (C=O) groups excluding carboxylic acids is 1. The lowest BCUT2D eigenvalue weighted by atomic mass is 10.1. The van der Waals surface area contributed by atoms with E-state index in [2.05, 4.69) is 4.98 Å². The highest BCUT2D eigenvalue weighted by Gasteiger charge is 2.08. The van der Waals surface area contributed by atoms with Crippen molar-refractivity contribution in [2.24, 2.45) is 0 Å². The summed E-state index contributed by atoms with van der Waals surface area (Å²) in [7, 11) is 1.58. The zero-order valence-electron chi connectivity index (χ0n) is 10.7. The van der Waals surface area contributed by atoms with E-state index in [4.69, 9.17) is 4.74 Å². The van der Waals surface area contributed by atoms with Crippen LogP contribution < -0.4 is 4.74 Å². The summed E-state index contributed by atoms with van der Waals surface area (Å²) in [6, 6.07) is 18.2. The largest absolute Gasteiger partial charge is 0.497 e. The van der Waals surface area contributed by atoms with Gasteiger partial charge in [-0.3, -0.25) is 4.79 Å². The molecule has 0 aliphatic rings. The highest BCUT2D eigenvalue weighted by molar-refractivity contribution is 6.07. The Kier molecular flexibility index (Phi) is 4.34. The van der Waals surface area contributed by atoms with Crippen LogP contribution in [0.3, 0.4) is 0 Å². The van der Waals surface area contributed by atoms with Crippen LogP contribution in [0.15, 0.2) is 66.9 Å². The zero-order valence-corrected chi connectivity index (χ0v) is 10.7. The van der Waals surface area contributed by atoms with Gasteiger partial charge in [0.05, 0.1) is 12.8 Å². The Morgan fingerprint density at radius 1 is 1.00 bits per heavy atom. The van der Waals surface area contributed by atoms with Gasteiger partial charge in [0, 0.05) is 11.8 Å². The average molecular weight is 253 g/mol. The van der Waals surface area contributed by atoms with Gasteiger partial charge in [-0.2, -0.15) is 0 Å². The molecule has 0 fully saturated rings. The van der Waals surface area contributed by atoms with Crippen molar-refractivity contribution in [1.82, 2.24) is 4.98 Å². The molecule has 1 aromatic carbocycles. The second kappa shape index (κ2) is 6.40. The predicted octanol–water partition coefficient (Wildman–Crippen LogP) is 3.38. The Balaban J connectivity index is 2.41. The number of aromatic nitrogens is 1. The third-order valence-electron chi connectivity index (χ3n) is 2.62. The normalized spacial score (nSPS) is 9.53. The molecular formula is C16H15NO2. The van der Waals surface area contributed by atoms with Gasteiger partial charge in [0.25, 0.3) is 0 Å². The molecule has 0 saturated heterocycles. The van der Waals surface area contributed by atoms with E-state index in [1.165, 1.54) is 0 Å². The quantitative estimate of drug-likeness (QED) is 0.852. The topological polar surface area (TPSA) is 42.1 Å². The predicted molar refractivity (Wildman–Crippen MR) is 74.8 cm³/mol. The number of ether oxygens (including phenoxy) is 1. The minimum atomic E-state index is -0.0740. The number of benzene rings is 1. The number of hydrogen-bond donors (Lipinski definition) is 1. The third kappa shape index (κ3) is 3.45. The first-order valence-electron chi connectivity index (χ1n) is 5.97. The number of methoxy groups -OCH3 is 1. The average Bonchev–Trinajstić information content (AvgIpc) is 2.60. The van der Waals surface area contributed by atoms with E-state index in [1.54, 1.807) is 37.6 Å². The van der Waals surface area contributed by atoms with Crippen LogP contribution >= 0.6 is 0 Å². The summed E-state index contributed by atoms with van der Waals surface area (Å²) < 4.78 is 5.13. The van der Waals surface area contributed by atoms with Gasteiger partial charge < -0.3 is 9.72 Å². The smallest absolute Gasteiger partial charge is 0.209 e. The van der Waals surface area contributed by atoms with Gasteiger partial charge in [-0.15, -0.1) is 0 Å². The number of nitrogens with one attached hydrogen (secondary N) is 1. The molecule has 0 radical (unpaired) electrons. The molecule has 96 valence electrons. The fraction of sp³-hybridized carbons (Fsp3) is 0.0625. The van der Waals surface area contributed by atoms with Crippen LogP contribution in [-0.2, 0) is 0 Å². The monoisotopic (exact) mass is 253 g/mol. The molecule has 0 amide bonds. The van der Waals surface area contributed by atoms with Crippen LogP contribution in [0.5, 0.6) is 5.75 Å². The summed E-state index contributed by atoms with van der Waals surface area (Å²) >= 11 is 0. The number of hydrogen-bond acceptors (Lipinski definition) is 2. The van der Waals surface area contributed by atoms with E-state index in [1.807, 2.05) is 36.4 Å². The van der Waals surface area contributed by atoms with Crippen molar-refractivity contribution in [3.63, 3.8) is 0 Å². The molecule has 0 unspecified atom stereocenters. The number of H-pyrrole nitrogens is 1. The molecule has 3 nitrogen and oxygen atoms in total. The molecule has 2 rings (SSSR count). The SMILES string of the molecule is COc1cccc(C(=O)c2ccccccc[nH]2)c1. The van der Waals surface area contributed by atoms with Crippen molar-refractivity contribution in [2.45, 2.75) is 0 Å². The summed E-state index contributed by atoms with van der Waals surface area (Å²) in [6.45, 7) is 0. The van der Waals surface area contributed by atoms with E-state index < -0.39 is 0 Å². The summed E-state index contributed by atoms with van der Waals surface area (Å²) in [5, 5.41) is 0. The standard InChI is InChI=1S/C16H15NO2/c1-19-14-9-7-8-13(12-14)16(18)15-10-5-3-2-4-6-11-17-15/h2-12,17H,1H3. The first-order chi connectivity index (χ1) is 9.31. The minimum absolute atomic E-state index is 0.0740. The summed E-state index contributed by atoms with van der Waals surface area (Å²) in [6.07, 6.45) is 1.73. The molecule has 3 heteroatoms. The first kappa shape index (κ1) is 12.9. The van der Waals surface area contributed by atoms with Crippen LogP contribution in [0.25, 0.3) is 0 Å². The van der Waals surface area contributed by atoms with Crippen LogP contribution in [0.1, 0.15) is 16.1 Å². The van der Waals surface area contributed by atoms with Crippen molar-refractivity contribution < 1.29 is 9.53 Å². The Hall–Kier alpha value is -2.55. The summed E-state index contributed by atoms with van der Waals surface area (Å²) in [5.74, 6) is 0.595. The summed E-state index contributed by atoms with van der Waals surface area (Å²) in [4.78, 5) is 15.4. The van der Waals surface area contributed by atoms with Crippen molar-refractivity contribution in [3.8, 4) is 5.75 Å². The van der Waals surface area contributed by atoms with E-state index in [9.17, 15) is 4.79 Å². The van der Waals surface area contributed by atoms with Crippen molar-refractivity contribution in [1.29, 1.82) is 0 Å². The number of carbonyl (C=O) groups is 1. The molecule has 1 heterocycles. The molecule has 0 atom stereocenters. The lowest BCUT2D eigenvalue weighted by Crippen LogP contribution is -2.02. The molecule has 0 spiro atoms. The van der Waals surface area contributed by atoms with Crippen LogP contribution in [0, 0.1) is 0 Å². The first-order valence-corrected chi connectivity index (χ1v) is 5.97. The molecule has 1 N–H and O–H groups in total. The van der Waals surface area contributed by atoms with Gasteiger partial charge in [0.1, 0.15) is 5.75 Å². The lowest BCUT2D eigenvalue weighted by Gasteiger charge is -2.03. The maximum Gasteiger partial charge on any atom is 0.209 e. The number of rotatable bonds is 3. The lowest BCUT2D eigenvalue weighted by molar-refractivity contribution is 0.103. The van der Waals surface area contributed by atoms with E-state index >= 15 is 0 Å². The zero-order chi connectivity index (χ0) is 13.5. The molecular weight excluding hydrogens is 238 g/mol. The van der Waals surface area contributed by atoms with Crippen LogP contribution in [0.2, 0.25) is 0 Å². The Bertz CT molecular complexity index is 591. The minimum Gasteiger partial charge on any atom is -0.497 e. The second-order valence-corrected chi connectivity index (χ2v) is 3.91. The Morgan fingerprint density at radius 3 is 2.63 bits per heavy atom. The number of ketones is 1. The molecule has 1 aromatic heterocycles. The molecule has 19 heavy (non-hydrogen) atoms. The van der Waals surface area contributed by atoms with Gasteiger partial charge in [0.15, 0.2) is 0 Å². The molecule has 0 bridgehead atoms. The van der Waals surface area contributed by atoms with Crippen LogP contribution in [-0.4, -0.2) is 17.9 Å². The fourth-order valence-corrected chi connectivity index (χ4v) is 1.65. The van der Waals surface area contributed by atoms with Crippen LogP contribution in [0.4, 0.5) is 0 Å². The van der Waals surface area contributed by atoms with Gasteiger partial charge in [-0.1, -0.05) is 36.4 Å². The maximum absolute atomic E-state index is 12.4. The Labute approximate surface area is 112 Å². The van der Waals surface area contributed by atoms with Gasteiger partial charge >= 0.3 is 0 Å². The van der Waals surface area contributed by atoms with E-state index in [0.29, 0.717) is 17.0 Å². The molecule has 0 aliphatic heterocycles. The highest BCUT2D eigenvalue weighted by Crippen LogP contribution is 2.14. The fourth-order valence-electron chi connectivity index (χ4n) is 1.65. The van der Waals surface area contributed by atoms with Gasteiger partial charge in [-0.05, 0) is 24.3 Å². The maximum atomic E-state index is 12.4. The van der Waals surface area contributed by atoms with Crippen molar-refractivity contribution in [3.05, 3.63) is 78.1 Å². The van der Waals surface area contributed by atoms with E-state index in [0.717, 1.165) is 0 Å². The summed E-state index contributed by atoms with van der Waals surface area (Å²) in [5.41, 5.74) is 1.11. The molecule has 2 aromatic rings. The van der Waals surface area contributed by atoms with Gasteiger partial charge in [-0.25, -0.2) is 0 Å². The van der Waals surface area contributed by atoms with Crippen molar-refractivity contribution in [2.75, 3.05) is 7.11 Å². The Morgan fingerprint density at radius 2 is 1.79 bits per heavy atom. The second-order valence-electron chi connectivity index (χ2n) is 3.91. The number of aromatic amines is 1. The molecule has 0 saturated carbocycles. The van der Waals surface area contributed by atoms with Crippen molar-refractivity contribution >= 4 is 5.78 Å². The van der Waals surface area contributed by atoms with E-state index in [-0.39, 0.29) is 5.78 Å². The van der Waals surface area contributed by atoms with Gasteiger partial charge in [0.2, 0.25) is 5.78 Å². The molecule has 0 aliphatic carbocycles. The third-order valence-corrected chi connectivity index (χ3v) is 2.62. The highest BCUT2D eigenvalue weighted by atomic mass is 16.5.